The minimum Gasteiger partial charge on any atom is -0.315 e. The smallest absolute Gasteiger partial charge is 0.315 e. The first kappa shape index (κ1) is 15.1. The number of nitrogens with one attached hydrogen (secondary N) is 1. The first-order valence-electron chi connectivity index (χ1n) is 7.55. The van der Waals surface area contributed by atoms with E-state index in [-0.39, 0.29) is 13.1 Å². The van der Waals surface area contributed by atoms with Crippen LogP contribution in [0.3, 0.4) is 0 Å². The van der Waals surface area contributed by atoms with Gasteiger partial charge in [0.1, 0.15) is 0 Å². The Balaban J connectivity index is 1.78. The van der Waals surface area contributed by atoms with Crippen molar-refractivity contribution in [3.8, 4) is 0 Å². The van der Waals surface area contributed by atoms with Crippen LogP contribution in [0.25, 0.3) is 0 Å². The Morgan fingerprint density at radius 1 is 1.11 bits per heavy atom. The third kappa shape index (κ3) is 4.95. The highest BCUT2D eigenvalue weighted by atomic mass is 19.4. The Hall–Kier alpha value is -0.290. The molecule has 0 bridgehead atoms. The Kier molecular flexibility index (Phi) is 5.51. The van der Waals surface area contributed by atoms with Crippen LogP contribution in [0.5, 0.6) is 0 Å². The van der Waals surface area contributed by atoms with Crippen molar-refractivity contribution >= 4 is 0 Å². The lowest BCUT2D eigenvalue weighted by Gasteiger charge is -2.28. The monoisotopic (exact) mass is 278 g/mol. The van der Waals surface area contributed by atoms with Gasteiger partial charge >= 0.3 is 6.18 Å². The maximum Gasteiger partial charge on any atom is 0.394 e. The minimum absolute atomic E-state index is 0.0728. The van der Waals surface area contributed by atoms with E-state index in [4.69, 9.17) is 0 Å². The topological polar surface area (TPSA) is 15.3 Å². The van der Waals surface area contributed by atoms with Crippen molar-refractivity contribution in [3.63, 3.8) is 0 Å². The quantitative estimate of drug-likeness (QED) is 0.853. The third-order valence-corrected chi connectivity index (χ3v) is 4.52. The summed E-state index contributed by atoms with van der Waals surface area (Å²) in [5, 5.41) is 2.91. The molecule has 1 atom stereocenters. The highest BCUT2D eigenvalue weighted by molar-refractivity contribution is 4.79. The van der Waals surface area contributed by atoms with E-state index < -0.39 is 12.1 Å². The van der Waals surface area contributed by atoms with E-state index in [1.165, 1.54) is 32.1 Å². The van der Waals surface area contributed by atoms with Crippen LogP contribution in [0, 0.1) is 11.8 Å². The van der Waals surface area contributed by atoms with Gasteiger partial charge in [-0.15, -0.1) is 0 Å². The average Bonchev–Trinajstić information content (AvgIpc) is 2.62. The molecule has 1 heterocycles. The molecular formula is C14H25F3N2. The second-order valence-corrected chi connectivity index (χ2v) is 6.04. The zero-order chi connectivity index (χ0) is 13.7. The molecule has 1 saturated heterocycles. The summed E-state index contributed by atoms with van der Waals surface area (Å²) in [6.07, 6.45) is 3.49. The van der Waals surface area contributed by atoms with Gasteiger partial charge in [-0.3, -0.25) is 0 Å². The van der Waals surface area contributed by atoms with Gasteiger partial charge in [0.15, 0.2) is 0 Å². The molecule has 112 valence electrons. The van der Waals surface area contributed by atoms with Gasteiger partial charge in [0.05, 0.1) is 5.92 Å². The van der Waals surface area contributed by atoms with E-state index in [0.29, 0.717) is 6.54 Å². The first-order chi connectivity index (χ1) is 9.05. The molecule has 2 fully saturated rings. The largest absolute Gasteiger partial charge is 0.394 e. The third-order valence-electron chi connectivity index (χ3n) is 4.52. The minimum atomic E-state index is -4.07. The molecule has 0 amide bonds. The van der Waals surface area contributed by atoms with Gasteiger partial charge in [-0.1, -0.05) is 32.1 Å². The maximum atomic E-state index is 12.8. The summed E-state index contributed by atoms with van der Waals surface area (Å²) >= 11 is 0. The normalized spacial score (nSPS) is 28.3. The Morgan fingerprint density at radius 2 is 1.84 bits per heavy atom. The number of hydrogen-bond acceptors (Lipinski definition) is 2. The van der Waals surface area contributed by atoms with Crippen LogP contribution >= 0.6 is 0 Å². The van der Waals surface area contributed by atoms with E-state index in [0.717, 1.165) is 25.4 Å². The molecule has 2 nitrogen and oxygen atoms in total. The lowest BCUT2D eigenvalue weighted by Crippen LogP contribution is -2.38. The molecule has 0 radical (unpaired) electrons. The van der Waals surface area contributed by atoms with Crippen molar-refractivity contribution in [1.82, 2.24) is 10.2 Å². The van der Waals surface area contributed by atoms with Crippen LogP contribution in [0.1, 0.15) is 38.5 Å². The molecule has 0 spiro atoms. The summed E-state index contributed by atoms with van der Waals surface area (Å²) in [5.41, 5.74) is 0. The zero-order valence-electron chi connectivity index (χ0n) is 11.5. The van der Waals surface area contributed by atoms with Crippen molar-refractivity contribution < 1.29 is 13.2 Å². The highest BCUT2D eigenvalue weighted by Gasteiger charge is 2.40. The fraction of sp³-hybridized carbons (Fsp3) is 1.00. The van der Waals surface area contributed by atoms with Crippen molar-refractivity contribution in [2.24, 2.45) is 11.8 Å². The van der Waals surface area contributed by atoms with Crippen molar-refractivity contribution in [2.45, 2.75) is 44.7 Å². The molecule has 0 aromatic rings. The van der Waals surface area contributed by atoms with Gasteiger partial charge in [0.25, 0.3) is 0 Å². The van der Waals surface area contributed by atoms with E-state index in [9.17, 15) is 13.2 Å². The fourth-order valence-corrected chi connectivity index (χ4v) is 3.24. The summed E-state index contributed by atoms with van der Waals surface area (Å²) in [4.78, 5) is 2.01. The van der Waals surface area contributed by atoms with Crippen LogP contribution in [-0.2, 0) is 0 Å². The first-order valence-corrected chi connectivity index (χ1v) is 7.55. The molecule has 19 heavy (non-hydrogen) atoms. The van der Waals surface area contributed by atoms with Crippen LogP contribution < -0.4 is 5.32 Å². The summed E-state index contributed by atoms with van der Waals surface area (Å²) in [6, 6.07) is 0. The van der Waals surface area contributed by atoms with Crippen LogP contribution in [0.4, 0.5) is 13.2 Å². The van der Waals surface area contributed by atoms with Gasteiger partial charge in [-0.2, -0.15) is 13.2 Å². The lowest BCUT2D eigenvalue weighted by molar-refractivity contribution is -0.175. The molecule has 5 heteroatoms. The average molecular weight is 278 g/mol. The number of hydrogen-bond donors (Lipinski definition) is 1. The highest BCUT2D eigenvalue weighted by Crippen LogP contribution is 2.29. The van der Waals surface area contributed by atoms with Crippen LogP contribution in [0.2, 0.25) is 0 Å². The lowest BCUT2D eigenvalue weighted by atomic mass is 9.87. The molecule has 2 rings (SSSR count). The van der Waals surface area contributed by atoms with Crippen molar-refractivity contribution in [1.29, 1.82) is 0 Å². The zero-order valence-corrected chi connectivity index (χ0v) is 11.5. The van der Waals surface area contributed by atoms with Gasteiger partial charge in [0, 0.05) is 26.2 Å². The second-order valence-electron chi connectivity index (χ2n) is 6.04. The molecule has 1 saturated carbocycles. The molecule has 2 aliphatic rings. The van der Waals surface area contributed by atoms with E-state index in [2.05, 4.69) is 5.32 Å². The standard InChI is InChI=1S/C14H25F3N2/c15-14(16,17)13-10-18-7-9-19(11-13)8-6-12-4-2-1-3-5-12/h12-13,18H,1-11H2. The van der Waals surface area contributed by atoms with E-state index >= 15 is 0 Å². The number of halogens is 3. The Bertz CT molecular complexity index is 262. The molecular weight excluding hydrogens is 253 g/mol. The second kappa shape index (κ2) is 6.93. The van der Waals surface area contributed by atoms with Gasteiger partial charge < -0.3 is 10.2 Å². The molecule has 1 aliphatic carbocycles. The Labute approximate surface area is 113 Å². The van der Waals surface area contributed by atoms with Crippen molar-refractivity contribution in [2.75, 3.05) is 32.7 Å². The van der Waals surface area contributed by atoms with Gasteiger partial charge in [-0.25, -0.2) is 0 Å². The predicted molar refractivity (Wildman–Crippen MR) is 70.0 cm³/mol. The summed E-state index contributed by atoms with van der Waals surface area (Å²) in [6.45, 7) is 2.50. The fourth-order valence-electron chi connectivity index (χ4n) is 3.24. The van der Waals surface area contributed by atoms with E-state index in [1.807, 2.05) is 4.90 Å². The van der Waals surface area contributed by atoms with Crippen LogP contribution in [-0.4, -0.2) is 43.8 Å². The molecule has 1 N–H and O–H groups in total. The molecule has 0 aromatic carbocycles. The predicted octanol–water partition coefficient (Wildman–Crippen LogP) is 3.04. The van der Waals surface area contributed by atoms with Gasteiger partial charge in [0.2, 0.25) is 0 Å². The number of rotatable bonds is 3. The summed E-state index contributed by atoms with van der Waals surface area (Å²) < 4.78 is 38.5. The number of alkyl halides is 3. The Morgan fingerprint density at radius 3 is 2.53 bits per heavy atom. The molecule has 1 unspecified atom stereocenters. The number of nitrogens with zero attached hydrogens (tertiary/aromatic N) is 1. The molecule has 0 aromatic heterocycles. The summed E-state index contributed by atoms with van der Waals surface area (Å²) in [7, 11) is 0. The SMILES string of the molecule is FC(F)(F)C1CNCCN(CCC2CCCCC2)C1. The van der Waals surface area contributed by atoms with Crippen molar-refractivity contribution in [3.05, 3.63) is 0 Å². The summed E-state index contributed by atoms with van der Waals surface area (Å²) in [5.74, 6) is -0.462. The maximum absolute atomic E-state index is 12.8. The molecule has 1 aliphatic heterocycles. The van der Waals surface area contributed by atoms with Crippen LogP contribution in [0.15, 0.2) is 0 Å². The van der Waals surface area contributed by atoms with Gasteiger partial charge in [-0.05, 0) is 18.9 Å². The van der Waals surface area contributed by atoms with E-state index in [1.54, 1.807) is 0 Å².